The van der Waals surface area contributed by atoms with Gasteiger partial charge in [-0.3, -0.25) is 0 Å². The van der Waals surface area contributed by atoms with E-state index in [0.717, 1.165) is 29.7 Å². The molecule has 2 aliphatic rings. The van der Waals surface area contributed by atoms with Crippen LogP contribution in [0.2, 0.25) is 5.02 Å². The molecule has 1 heterocycles. The van der Waals surface area contributed by atoms with Gasteiger partial charge < -0.3 is 10.6 Å². The van der Waals surface area contributed by atoms with Gasteiger partial charge in [-0.25, -0.2) is 4.79 Å². The minimum atomic E-state index is -0.157. The quantitative estimate of drug-likeness (QED) is 0.819. The maximum atomic E-state index is 12.1. The summed E-state index contributed by atoms with van der Waals surface area (Å²) >= 11 is 5.97. The van der Waals surface area contributed by atoms with Crippen LogP contribution in [-0.2, 0) is 6.42 Å². The molecule has 1 aliphatic heterocycles. The third kappa shape index (κ3) is 2.18. The van der Waals surface area contributed by atoms with Crippen LogP contribution < -0.4 is 10.6 Å². The van der Waals surface area contributed by atoms with E-state index in [-0.39, 0.29) is 12.1 Å². The second-order valence-corrected chi connectivity index (χ2v) is 6.08. The summed E-state index contributed by atoms with van der Waals surface area (Å²) in [6, 6.07) is 15.7. The zero-order valence-electron chi connectivity index (χ0n) is 11.9. The standard InChI is InChI=1S/C18H15ClN2O/c19-13-8-5-12(6-9-13)16-15-10-7-11-3-1-2-4-14(11)17(15)21-18(22)20-16/h1-6,8-9,16H,7,10H2,(H2,20,21,22)/t16-/m1/s1. The molecule has 2 aromatic rings. The van der Waals surface area contributed by atoms with Gasteiger partial charge in [-0.05, 0) is 41.7 Å². The van der Waals surface area contributed by atoms with Crippen LogP contribution in [0.3, 0.4) is 0 Å². The molecule has 0 saturated heterocycles. The lowest BCUT2D eigenvalue weighted by atomic mass is 9.83. The number of rotatable bonds is 1. The maximum Gasteiger partial charge on any atom is 0.319 e. The van der Waals surface area contributed by atoms with Crippen molar-refractivity contribution in [2.45, 2.75) is 18.9 Å². The molecule has 22 heavy (non-hydrogen) atoms. The fourth-order valence-corrected chi connectivity index (χ4v) is 3.42. The Morgan fingerprint density at radius 2 is 1.77 bits per heavy atom. The number of carbonyl (C=O) groups is 1. The minimum Gasteiger partial charge on any atom is -0.327 e. The van der Waals surface area contributed by atoms with E-state index in [1.54, 1.807) is 0 Å². The van der Waals surface area contributed by atoms with E-state index in [2.05, 4.69) is 22.8 Å². The maximum absolute atomic E-state index is 12.1. The van der Waals surface area contributed by atoms with Crippen molar-refractivity contribution in [1.29, 1.82) is 0 Å². The van der Waals surface area contributed by atoms with Crippen LogP contribution >= 0.6 is 11.6 Å². The molecule has 1 aliphatic carbocycles. The van der Waals surface area contributed by atoms with Crippen molar-refractivity contribution >= 4 is 23.3 Å². The van der Waals surface area contributed by atoms with E-state index in [1.807, 2.05) is 36.4 Å². The highest BCUT2D eigenvalue weighted by atomic mass is 35.5. The molecule has 3 nitrogen and oxygen atoms in total. The van der Waals surface area contributed by atoms with Crippen LogP contribution in [0.4, 0.5) is 4.79 Å². The number of benzene rings is 2. The zero-order chi connectivity index (χ0) is 15.1. The van der Waals surface area contributed by atoms with Crippen molar-refractivity contribution in [3.8, 4) is 0 Å². The van der Waals surface area contributed by atoms with Gasteiger partial charge >= 0.3 is 6.03 Å². The van der Waals surface area contributed by atoms with E-state index in [0.29, 0.717) is 5.02 Å². The minimum absolute atomic E-state index is 0.0885. The SMILES string of the molecule is O=C1NC2=C(CCc3ccccc32)[C@@H](c2ccc(Cl)cc2)N1. The van der Waals surface area contributed by atoms with Crippen molar-refractivity contribution in [2.24, 2.45) is 0 Å². The Morgan fingerprint density at radius 1 is 1.00 bits per heavy atom. The summed E-state index contributed by atoms with van der Waals surface area (Å²) in [5.74, 6) is 0. The van der Waals surface area contributed by atoms with Crippen molar-refractivity contribution in [2.75, 3.05) is 0 Å². The molecule has 110 valence electrons. The molecule has 2 aromatic carbocycles. The Morgan fingerprint density at radius 3 is 2.59 bits per heavy atom. The number of aryl methyl sites for hydroxylation is 1. The first-order chi connectivity index (χ1) is 10.7. The first-order valence-corrected chi connectivity index (χ1v) is 7.74. The van der Waals surface area contributed by atoms with Crippen molar-refractivity contribution in [3.63, 3.8) is 0 Å². The van der Waals surface area contributed by atoms with Crippen LogP contribution in [-0.4, -0.2) is 6.03 Å². The van der Waals surface area contributed by atoms with Crippen molar-refractivity contribution < 1.29 is 4.79 Å². The second-order valence-electron chi connectivity index (χ2n) is 5.64. The first kappa shape index (κ1) is 13.4. The Hall–Kier alpha value is -2.26. The summed E-state index contributed by atoms with van der Waals surface area (Å²) in [5, 5.41) is 6.72. The van der Waals surface area contributed by atoms with Crippen LogP contribution in [0.25, 0.3) is 5.70 Å². The average Bonchev–Trinajstić information content (AvgIpc) is 2.55. The molecular weight excluding hydrogens is 296 g/mol. The van der Waals surface area contributed by atoms with Gasteiger partial charge in [0, 0.05) is 10.6 Å². The molecule has 4 heteroatoms. The van der Waals surface area contributed by atoms with Crippen molar-refractivity contribution in [1.82, 2.24) is 10.6 Å². The number of nitrogens with one attached hydrogen (secondary N) is 2. The van der Waals surface area contributed by atoms with Gasteiger partial charge in [0.05, 0.1) is 11.7 Å². The Kier molecular flexibility index (Phi) is 3.16. The highest BCUT2D eigenvalue weighted by Crippen LogP contribution is 2.38. The second kappa shape index (κ2) is 5.18. The normalized spacial score (nSPS) is 19.9. The highest BCUT2D eigenvalue weighted by molar-refractivity contribution is 6.30. The van der Waals surface area contributed by atoms with Gasteiger partial charge in [-0.1, -0.05) is 48.0 Å². The molecular formula is C18H15ClN2O. The van der Waals surface area contributed by atoms with E-state index in [9.17, 15) is 4.79 Å². The van der Waals surface area contributed by atoms with Gasteiger partial charge in [0.25, 0.3) is 0 Å². The molecule has 0 spiro atoms. The van der Waals surface area contributed by atoms with Crippen molar-refractivity contribution in [3.05, 3.63) is 75.8 Å². The summed E-state index contributed by atoms with van der Waals surface area (Å²) in [6.45, 7) is 0. The molecule has 0 unspecified atom stereocenters. The third-order valence-corrected chi connectivity index (χ3v) is 4.59. The topological polar surface area (TPSA) is 41.1 Å². The van der Waals surface area contributed by atoms with Crippen LogP contribution in [0, 0.1) is 0 Å². The van der Waals surface area contributed by atoms with E-state index in [1.165, 1.54) is 11.1 Å². The molecule has 0 saturated carbocycles. The molecule has 0 fully saturated rings. The average molecular weight is 311 g/mol. The van der Waals surface area contributed by atoms with Crippen LogP contribution in [0.15, 0.2) is 54.1 Å². The van der Waals surface area contributed by atoms with Gasteiger partial charge in [0.1, 0.15) is 0 Å². The lowest BCUT2D eigenvalue weighted by Gasteiger charge is -2.34. The Bertz CT molecular complexity index is 780. The molecule has 0 bridgehead atoms. The zero-order valence-corrected chi connectivity index (χ0v) is 12.7. The number of hydrogen-bond acceptors (Lipinski definition) is 1. The van der Waals surface area contributed by atoms with Crippen LogP contribution in [0.5, 0.6) is 0 Å². The molecule has 1 atom stereocenters. The van der Waals surface area contributed by atoms with E-state index >= 15 is 0 Å². The predicted molar refractivity (Wildman–Crippen MR) is 87.5 cm³/mol. The Labute approximate surface area is 134 Å². The summed E-state index contributed by atoms with van der Waals surface area (Å²) in [4.78, 5) is 12.1. The monoisotopic (exact) mass is 310 g/mol. The number of carbonyl (C=O) groups excluding carboxylic acids is 1. The highest BCUT2D eigenvalue weighted by Gasteiger charge is 2.31. The molecule has 2 N–H and O–H groups in total. The smallest absolute Gasteiger partial charge is 0.319 e. The summed E-state index contributed by atoms with van der Waals surface area (Å²) in [7, 11) is 0. The number of amides is 2. The molecule has 2 amide bonds. The largest absolute Gasteiger partial charge is 0.327 e. The number of urea groups is 1. The number of fused-ring (bicyclic) bond motifs is 2. The first-order valence-electron chi connectivity index (χ1n) is 7.36. The predicted octanol–water partition coefficient (Wildman–Crippen LogP) is 4.05. The van der Waals surface area contributed by atoms with Gasteiger partial charge in [-0.15, -0.1) is 0 Å². The van der Waals surface area contributed by atoms with Crippen LogP contribution in [0.1, 0.15) is 29.2 Å². The van der Waals surface area contributed by atoms with Gasteiger partial charge in [0.2, 0.25) is 0 Å². The summed E-state index contributed by atoms with van der Waals surface area (Å²) in [5.41, 5.74) is 5.69. The summed E-state index contributed by atoms with van der Waals surface area (Å²) in [6.07, 6.45) is 1.93. The third-order valence-electron chi connectivity index (χ3n) is 4.34. The lowest BCUT2D eigenvalue weighted by molar-refractivity contribution is 0.240. The van der Waals surface area contributed by atoms with Gasteiger partial charge in [0.15, 0.2) is 0 Å². The number of hydrogen-bond donors (Lipinski definition) is 2. The fourth-order valence-electron chi connectivity index (χ4n) is 3.29. The molecule has 0 radical (unpaired) electrons. The van der Waals surface area contributed by atoms with E-state index < -0.39 is 0 Å². The fraction of sp³-hybridized carbons (Fsp3) is 0.167. The molecule has 0 aromatic heterocycles. The Balaban J connectivity index is 1.84. The lowest BCUT2D eigenvalue weighted by Crippen LogP contribution is -2.44. The van der Waals surface area contributed by atoms with E-state index in [4.69, 9.17) is 11.6 Å². The van der Waals surface area contributed by atoms with Gasteiger partial charge in [-0.2, -0.15) is 0 Å². The molecule has 4 rings (SSSR count). The number of halogens is 1. The summed E-state index contributed by atoms with van der Waals surface area (Å²) < 4.78 is 0.